The van der Waals surface area contributed by atoms with Gasteiger partial charge in [0.2, 0.25) is 5.95 Å². The molecule has 10 heteroatoms. The van der Waals surface area contributed by atoms with Gasteiger partial charge in [0.15, 0.2) is 11.6 Å². The van der Waals surface area contributed by atoms with E-state index in [-0.39, 0.29) is 6.04 Å². The van der Waals surface area contributed by atoms with Gasteiger partial charge in [-0.15, -0.1) is 10.2 Å². The van der Waals surface area contributed by atoms with Crippen LogP contribution in [-0.2, 0) is 0 Å². The molecule has 1 fully saturated rings. The zero-order chi connectivity index (χ0) is 20.1. The summed E-state index contributed by atoms with van der Waals surface area (Å²) in [5.74, 6) is 3.16. The number of hydrogen-bond acceptors (Lipinski definition) is 8. The fraction of sp³-hybridized carbons (Fsp3) is 0.350. The predicted octanol–water partition coefficient (Wildman–Crippen LogP) is 2.52. The number of hydrogen-bond donors (Lipinski definition) is 0. The molecule has 10 nitrogen and oxygen atoms in total. The third-order valence-electron chi connectivity index (χ3n) is 5.98. The third kappa shape index (κ3) is 2.46. The van der Waals surface area contributed by atoms with Crippen LogP contribution in [0.15, 0.2) is 43.6 Å². The fourth-order valence-electron chi connectivity index (χ4n) is 4.33. The van der Waals surface area contributed by atoms with Crippen LogP contribution in [0.5, 0.6) is 0 Å². The normalized spacial score (nSPS) is 18.0. The van der Waals surface area contributed by atoms with Crippen LogP contribution >= 0.6 is 0 Å². The van der Waals surface area contributed by atoms with Crippen LogP contribution in [0.3, 0.4) is 0 Å². The molecule has 4 aromatic rings. The molecule has 1 aliphatic carbocycles. The lowest BCUT2D eigenvalue weighted by Crippen LogP contribution is -2.46. The molecule has 0 saturated heterocycles. The molecule has 30 heavy (non-hydrogen) atoms. The summed E-state index contributed by atoms with van der Waals surface area (Å²) in [5.41, 5.74) is 1.73. The Morgan fingerprint density at radius 3 is 2.70 bits per heavy atom. The molecule has 0 amide bonds. The maximum Gasteiger partial charge on any atom is 0.237 e. The Hall–Kier alpha value is -3.69. The first kappa shape index (κ1) is 17.2. The number of nitrogens with zero attached hydrogens (tertiary/aromatic N) is 10. The zero-order valence-electron chi connectivity index (χ0n) is 16.5. The van der Waals surface area contributed by atoms with Crippen molar-refractivity contribution < 1.29 is 0 Å². The lowest BCUT2D eigenvalue weighted by molar-refractivity contribution is 0.341. The number of rotatable bonds is 4. The molecule has 150 valence electrons. The molecular formula is C20H20N10. The highest BCUT2D eigenvalue weighted by Crippen LogP contribution is 2.43. The Labute approximate surface area is 172 Å². The van der Waals surface area contributed by atoms with Gasteiger partial charge in [0.1, 0.15) is 24.2 Å². The zero-order valence-corrected chi connectivity index (χ0v) is 16.5. The minimum Gasteiger partial charge on any atom is -0.341 e. The molecule has 1 atom stereocenters. The van der Waals surface area contributed by atoms with Crippen LogP contribution in [0.4, 0.5) is 5.82 Å². The standard InChI is InChI=1S/C20H20N10/c1-2-15-19-27-25-12-29(19)16-10-24-20(26-18(16)30(15)14-4-3-5-14)28-7-6-23-17(28)13-8-21-11-22-9-13/h6-12,14-15H,2-5H2,1H3/t15-/m1/s1. The van der Waals surface area contributed by atoms with Crippen LogP contribution in [-0.4, -0.2) is 50.3 Å². The van der Waals surface area contributed by atoms with Crippen molar-refractivity contribution in [3.63, 3.8) is 0 Å². The second-order valence-electron chi connectivity index (χ2n) is 7.60. The molecule has 0 radical (unpaired) electrons. The van der Waals surface area contributed by atoms with Gasteiger partial charge in [-0.25, -0.2) is 19.9 Å². The van der Waals surface area contributed by atoms with E-state index in [9.17, 15) is 0 Å². The average Bonchev–Trinajstić information content (AvgIpc) is 3.43. The summed E-state index contributed by atoms with van der Waals surface area (Å²) in [4.78, 5) is 24.8. The molecule has 2 aliphatic rings. The van der Waals surface area contributed by atoms with Crippen molar-refractivity contribution in [3.05, 3.63) is 49.5 Å². The highest BCUT2D eigenvalue weighted by Gasteiger charge is 2.39. The van der Waals surface area contributed by atoms with Crippen LogP contribution in [0.1, 0.15) is 44.5 Å². The number of anilines is 1. The third-order valence-corrected chi connectivity index (χ3v) is 5.98. The van der Waals surface area contributed by atoms with Crippen molar-refractivity contribution in [1.82, 2.24) is 44.3 Å². The van der Waals surface area contributed by atoms with Crippen molar-refractivity contribution in [1.29, 1.82) is 0 Å². The molecule has 0 unspecified atom stereocenters. The van der Waals surface area contributed by atoms with Gasteiger partial charge in [-0.2, -0.15) is 4.98 Å². The molecule has 0 bridgehead atoms. The second-order valence-corrected chi connectivity index (χ2v) is 7.60. The van der Waals surface area contributed by atoms with Gasteiger partial charge in [0, 0.05) is 30.8 Å². The Balaban J connectivity index is 1.51. The van der Waals surface area contributed by atoms with Gasteiger partial charge in [0.05, 0.1) is 17.8 Å². The summed E-state index contributed by atoms with van der Waals surface area (Å²) in [6.45, 7) is 2.19. The summed E-state index contributed by atoms with van der Waals surface area (Å²) in [6, 6.07) is 0.615. The van der Waals surface area contributed by atoms with E-state index in [0.29, 0.717) is 17.8 Å². The number of aromatic nitrogens is 9. The van der Waals surface area contributed by atoms with Crippen LogP contribution in [0, 0.1) is 0 Å². The van der Waals surface area contributed by atoms with Crippen LogP contribution < -0.4 is 4.90 Å². The highest BCUT2D eigenvalue weighted by molar-refractivity contribution is 5.63. The van der Waals surface area contributed by atoms with Gasteiger partial charge in [-0.3, -0.25) is 9.13 Å². The monoisotopic (exact) mass is 400 g/mol. The largest absolute Gasteiger partial charge is 0.341 e. The first-order chi connectivity index (χ1) is 14.8. The van der Waals surface area contributed by atoms with Crippen molar-refractivity contribution in [3.8, 4) is 23.0 Å². The van der Waals surface area contributed by atoms with E-state index in [4.69, 9.17) is 4.98 Å². The van der Waals surface area contributed by atoms with E-state index < -0.39 is 0 Å². The van der Waals surface area contributed by atoms with E-state index in [0.717, 1.165) is 29.3 Å². The van der Waals surface area contributed by atoms with Gasteiger partial charge in [-0.05, 0) is 25.7 Å². The van der Waals surface area contributed by atoms with Gasteiger partial charge >= 0.3 is 0 Å². The first-order valence-electron chi connectivity index (χ1n) is 10.2. The Morgan fingerprint density at radius 2 is 1.93 bits per heavy atom. The van der Waals surface area contributed by atoms with Crippen molar-refractivity contribution in [2.75, 3.05) is 4.90 Å². The Kier molecular flexibility index (Phi) is 3.83. The summed E-state index contributed by atoms with van der Waals surface area (Å²) in [7, 11) is 0. The predicted molar refractivity (Wildman–Crippen MR) is 108 cm³/mol. The molecule has 4 aromatic heterocycles. The van der Waals surface area contributed by atoms with Crippen molar-refractivity contribution >= 4 is 5.82 Å². The molecule has 0 spiro atoms. The van der Waals surface area contributed by atoms with E-state index >= 15 is 0 Å². The van der Waals surface area contributed by atoms with Crippen LogP contribution in [0.25, 0.3) is 23.0 Å². The van der Waals surface area contributed by atoms with Crippen molar-refractivity contribution in [2.24, 2.45) is 0 Å². The SMILES string of the molecule is CC[C@@H]1c2nncn2-c2cnc(-n3ccnc3-c3cncnc3)nc2N1C1CCC1. The molecular weight excluding hydrogens is 380 g/mol. The molecule has 1 aliphatic heterocycles. The van der Waals surface area contributed by atoms with E-state index in [1.54, 1.807) is 24.9 Å². The quantitative estimate of drug-likeness (QED) is 0.515. The smallest absolute Gasteiger partial charge is 0.237 e. The molecule has 0 aromatic carbocycles. The second kappa shape index (κ2) is 6.68. The van der Waals surface area contributed by atoms with E-state index in [1.165, 1.54) is 25.6 Å². The maximum atomic E-state index is 5.02. The highest BCUT2D eigenvalue weighted by atomic mass is 15.4. The van der Waals surface area contributed by atoms with E-state index in [1.807, 2.05) is 21.5 Å². The topological polar surface area (TPSA) is 103 Å². The minimum absolute atomic E-state index is 0.151. The molecule has 6 rings (SSSR count). The lowest BCUT2D eigenvalue weighted by Gasteiger charge is -2.45. The lowest BCUT2D eigenvalue weighted by atomic mass is 9.89. The molecule has 0 N–H and O–H groups in total. The maximum absolute atomic E-state index is 5.02. The summed E-state index contributed by atoms with van der Waals surface area (Å²) in [6.07, 6.45) is 16.7. The summed E-state index contributed by atoms with van der Waals surface area (Å²) < 4.78 is 3.89. The average molecular weight is 400 g/mol. The summed E-state index contributed by atoms with van der Waals surface area (Å²) in [5, 5.41) is 8.58. The molecule has 1 saturated carbocycles. The fourth-order valence-corrected chi connectivity index (χ4v) is 4.33. The van der Waals surface area contributed by atoms with Gasteiger partial charge in [0.25, 0.3) is 0 Å². The van der Waals surface area contributed by atoms with Gasteiger partial charge in [-0.1, -0.05) is 6.92 Å². The Morgan fingerprint density at radius 1 is 1.07 bits per heavy atom. The summed E-state index contributed by atoms with van der Waals surface area (Å²) >= 11 is 0. The van der Waals surface area contributed by atoms with E-state index in [2.05, 4.69) is 42.0 Å². The molecule has 5 heterocycles. The van der Waals surface area contributed by atoms with Crippen molar-refractivity contribution in [2.45, 2.75) is 44.7 Å². The minimum atomic E-state index is 0.151. The number of fused-ring (bicyclic) bond motifs is 3. The Bertz CT molecular complexity index is 1190. The number of imidazole rings is 1. The van der Waals surface area contributed by atoms with Gasteiger partial charge < -0.3 is 4.90 Å². The van der Waals surface area contributed by atoms with Crippen LogP contribution in [0.2, 0.25) is 0 Å². The first-order valence-corrected chi connectivity index (χ1v) is 10.2.